The second kappa shape index (κ2) is 6.92. The molecule has 0 bridgehead atoms. The fraction of sp³-hybridized carbons (Fsp3) is 0.529. The van der Waals surface area contributed by atoms with Gasteiger partial charge in [0.25, 0.3) is 0 Å². The van der Waals surface area contributed by atoms with Crippen molar-refractivity contribution in [2.75, 3.05) is 13.7 Å². The van der Waals surface area contributed by atoms with Gasteiger partial charge in [0.2, 0.25) is 5.91 Å². The van der Waals surface area contributed by atoms with E-state index in [-0.39, 0.29) is 17.9 Å². The number of amides is 1. The summed E-state index contributed by atoms with van der Waals surface area (Å²) in [5.41, 5.74) is 2.28. The van der Waals surface area contributed by atoms with Gasteiger partial charge in [-0.2, -0.15) is 0 Å². The van der Waals surface area contributed by atoms with Gasteiger partial charge in [-0.25, -0.2) is 4.79 Å². The van der Waals surface area contributed by atoms with Gasteiger partial charge in [0.15, 0.2) is 0 Å². The molecule has 2 rings (SSSR count). The summed E-state index contributed by atoms with van der Waals surface area (Å²) >= 11 is 0. The predicted molar refractivity (Wildman–Crippen MR) is 82.8 cm³/mol. The Balaban J connectivity index is 2.08. The van der Waals surface area contributed by atoms with Gasteiger partial charge in [-0.3, -0.25) is 4.79 Å². The van der Waals surface area contributed by atoms with Gasteiger partial charge < -0.3 is 14.7 Å². The number of likely N-dealkylation sites (tertiary alicyclic amines) is 1. The number of carboxylic acid groups (broad SMARTS) is 1. The second-order valence-electron chi connectivity index (χ2n) is 5.96. The smallest absolute Gasteiger partial charge is 0.326 e. The van der Waals surface area contributed by atoms with Crippen LogP contribution in [-0.4, -0.2) is 47.7 Å². The second-order valence-corrected chi connectivity index (χ2v) is 5.96. The summed E-state index contributed by atoms with van der Waals surface area (Å²) in [6.45, 7) is 4.37. The molecular weight excluding hydrogens is 282 g/mol. The first-order valence-corrected chi connectivity index (χ1v) is 7.54. The molecule has 1 aromatic carbocycles. The Hall–Kier alpha value is -1.88. The highest BCUT2D eigenvalue weighted by Crippen LogP contribution is 2.27. The van der Waals surface area contributed by atoms with Gasteiger partial charge in [0.05, 0.1) is 6.10 Å². The Morgan fingerprint density at radius 2 is 2.09 bits per heavy atom. The normalized spacial score (nSPS) is 22.6. The van der Waals surface area contributed by atoms with Crippen molar-refractivity contribution in [3.63, 3.8) is 0 Å². The predicted octanol–water partition coefficient (Wildman–Crippen LogP) is 2.19. The van der Waals surface area contributed by atoms with Crippen LogP contribution in [0.1, 0.15) is 36.8 Å². The Morgan fingerprint density at radius 3 is 2.68 bits per heavy atom. The average Bonchev–Trinajstić information content (AvgIpc) is 2.92. The molecule has 1 aliphatic rings. The zero-order valence-electron chi connectivity index (χ0n) is 13.3. The number of rotatable bonds is 5. The molecule has 1 fully saturated rings. The number of carbonyl (C=O) groups is 2. The average molecular weight is 305 g/mol. The van der Waals surface area contributed by atoms with E-state index in [1.54, 1.807) is 7.11 Å². The van der Waals surface area contributed by atoms with E-state index in [9.17, 15) is 14.7 Å². The number of carboxylic acids is 1. The number of methoxy groups -OCH3 is 1. The molecule has 0 saturated carbocycles. The lowest BCUT2D eigenvalue weighted by molar-refractivity contribution is -0.148. The first-order valence-electron chi connectivity index (χ1n) is 7.54. The first-order chi connectivity index (χ1) is 10.4. The fourth-order valence-electron chi connectivity index (χ4n) is 3.11. The van der Waals surface area contributed by atoms with Crippen molar-refractivity contribution >= 4 is 11.9 Å². The topological polar surface area (TPSA) is 66.8 Å². The van der Waals surface area contributed by atoms with Crippen LogP contribution in [0.5, 0.6) is 0 Å². The number of ether oxygens (including phenoxy) is 1. The van der Waals surface area contributed by atoms with E-state index >= 15 is 0 Å². The summed E-state index contributed by atoms with van der Waals surface area (Å²) in [6, 6.07) is 7.19. The number of benzene rings is 1. The molecule has 5 heteroatoms. The van der Waals surface area contributed by atoms with Crippen molar-refractivity contribution in [3.8, 4) is 0 Å². The fourth-order valence-corrected chi connectivity index (χ4v) is 3.11. The third-order valence-electron chi connectivity index (χ3n) is 4.40. The van der Waals surface area contributed by atoms with Gasteiger partial charge in [0, 0.05) is 26.5 Å². The molecule has 0 radical (unpaired) electrons. The molecule has 3 atom stereocenters. The molecule has 1 aliphatic heterocycles. The molecule has 1 saturated heterocycles. The monoisotopic (exact) mass is 305 g/mol. The summed E-state index contributed by atoms with van der Waals surface area (Å²) in [4.78, 5) is 25.3. The molecule has 120 valence electrons. The number of carbonyl (C=O) groups excluding carboxylic acids is 1. The minimum absolute atomic E-state index is 0.0599. The van der Waals surface area contributed by atoms with Crippen LogP contribution in [-0.2, 0) is 14.3 Å². The molecule has 5 nitrogen and oxygen atoms in total. The van der Waals surface area contributed by atoms with E-state index in [0.717, 1.165) is 11.1 Å². The molecule has 0 aromatic heterocycles. The quantitative estimate of drug-likeness (QED) is 0.905. The van der Waals surface area contributed by atoms with Gasteiger partial charge in [-0.15, -0.1) is 0 Å². The van der Waals surface area contributed by atoms with Crippen LogP contribution < -0.4 is 0 Å². The number of aliphatic carboxylic acids is 1. The molecular formula is C17H23NO4. The first kappa shape index (κ1) is 16.5. The summed E-state index contributed by atoms with van der Waals surface area (Å²) in [6.07, 6.45) is 0.473. The maximum Gasteiger partial charge on any atom is 0.326 e. The number of hydrogen-bond donors (Lipinski definition) is 1. The summed E-state index contributed by atoms with van der Waals surface area (Å²) in [5, 5.41) is 9.29. The van der Waals surface area contributed by atoms with Gasteiger partial charge >= 0.3 is 5.97 Å². The molecule has 1 amide bonds. The minimum Gasteiger partial charge on any atom is -0.480 e. The van der Waals surface area contributed by atoms with Crippen LogP contribution in [0.4, 0.5) is 0 Å². The van der Waals surface area contributed by atoms with Crippen molar-refractivity contribution in [2.45, 2.75) is 44.8 Å². The van der Waals surface area contributed by atoms with E-state index in [4.69, 9.17) is 4.74 Å². The number of nitrogens with zero attached hydrogens (tertiary/aromatic N) is 1. The third kappa shape index (κ3) is 3.47. The van der Waals surface area contributed by atoms with Crippen molar-refractivity contribution in [1.82, 2.24) is 4.90 Å². The lowest BCUT2D eigenvalue weighted by Gasteiger charge is -2.23. The maximum absolute atomic E-state index is 12.5. The molecule has 0 spiro atoms. The molecule has 0 aliphatic carbocycles. The Labute approximate surface area is 130 Å². The van der Waals surface area contributed by atoms with Crippen molar-refractivity contribution in [2.24, 2.45) is 0 Å². The van der Waals surface area contributed by atoms with Crippen LogP contribution in [0.25, 0.3) is 0 Å². The lowest BCUT2D eigenvalue weighted by atomic mass is 9.93. The highest BCUT2D eigenvalue weighted by Gasteiger charge is 2.39. The van der Waals surface area contributed by atoms with Crippen LogP contribution >= 0.6 is 0 Å². The van der Waals surface area contributed by atoms with E-state index in [2.05, 4.69) is 0 Å². The lowest BCUT2D eigenvalue weighted by Crippen LogP contribution is -2.41. The van der Waals surface area contributed by atoms with Crippen LogP contribution in [0.3, 0.4) is 0 Å². The minimum atomic E-state index is -0.962. The zero-order valence-corrected chi connectivity index (χ0v) is 13.3. The highest BCUT2D eigenvalue weighted by atomic mass is 16.5. The third-order valence-corrected chi connectivity index (χ3v) is 4.40. The SMILES string of the molecule is COC1CC(C(=O)O)N(C(=O)CC(C)c2ccccc2C)C1. The van der Waals surface area contributed by atoms with E-state index < -0.39 is 12.0 Å². The largest absolute Gasteiger partial charge is 0.480 e. The van der Waals surface area contributed by atoms with Gasteiger partial charge in [-0.1, -0.05) is 31.2 Å². The van der Waals surface area contributed by atoms with Gasteiger partial charge in [0.1, 0.15) is 6.04 Å². The van der Waals surface area contributed by atoms with E-state index in [0.29, 0.717) is 19.4 Å². The molecule has 1 N–H and O–H groups in total. The van der Waals surface area contributed by atoms with Crippen LogP contribution in [0.15, 0.2) is 24.3 Å². The molecule has 3 unspecified atom stereocenters. The Bertz CT molecular complexity index is 557. The van der Waals surface area contributed by atoms with Crippen LogP contribution in [0.2, 0.25) is 0 Å². The van der Waals surface area contributed by atoms with Crippen LogP contribution in [0, 0.1) is 6.92 Å². The van der Waals surface area contributed by atoms with Crippen molar-refractivity contribution in [3.05, 3.63) is 35.4 Å². The maximum atomic E-state index is 12.5. The number of aryl methyl sites for hydroxylation is 1. The summed E-state index contributed by atoms with van der Waals surface area (Å²) in [5.74, 6) is -1.02. The highest BCUT2D eigenvalue weighted by molar-refractivity contribution is 5.85. The van der Waals surface area contributed by atoms with E-state index in [1.807, 2.05) is 38.1 Å². The van der Waals surface area contributed by atoms with Gasteiger partial charge in [-0.05, 0) is 24.0 Å². The molecule has 22 heavy (non-hydrogen) atoms. The Morgan fingerprint density at radius 1 is 1.41 bits per heavy atom. The summed E-state index contributed by atoms with van der Waals surface area (Å²) < 4.78 is 5.22. The Kier molecular flexibility index (Phi) is 5.19. The van der Waals surface area contributed by atoms with Crippen molar-refractivity contribution < 1.29 is 19.4 Å². The van der Waals surface area contributed by atoms with Crippen molar-refractivity contribution in [1.29, 1.82) is 0 Å². The zero-order chi connectivity index (χ0) is 16.3. The standard InChI is InChI=1S/C17H23NO4/c1-11-6-4-5-7-14(11)12(2)8-16(19)18-10-13(22-3)9-15(18)17(20)21/h4-7,12-13,15H,8-10H2,1-3H3,(H,20,21). The molecule has 1 heterocycles. The molecule has 1 aromatic rings. The van der Waals surface area contributed by atoms with E-state index in [1.165, 1.54) is 4.90 Å². The summed E-state index contributed by atoms with van der Waals surface area (Å²) in [7, 11) is 1.55. The number of hydrogen-bond acceptors (Lipinski definition) is 3.